The van der Waals surface area contributed by atoms with Gasteiger partial charge in [0, 0.05) is 12.1 Å². The number of carbonyl (C=O) groups is 3. The zero-order valence-electron chi connectivity index (χ0n) is 17.8. The van der Waals surface area contributed by atoms with Gasteiger partial charge in [0.2, 0.25) is 6.79 Å². The normalized spacial score (nSPS) is 13.8. The lowest BCUT2D eigenvalue weighted by molar-refractivity contribution is 0.0922. The van der Waals surface area contributed by atoms with Crippen molar-refractivity contribution >= 4 is 23.4 Å². The molecule has 0 spiro atoms. The first-order valence-electron chi connectivity index (χ1n) is 10.5. The fourth-order valence-corrected chi connectivity index (χ4v) is 3.86. The number of imide groups is 1. The molecule has 33 heavy (non-hydrogen) atoms. The van der Waals surface area contributed by atoms with Gasteiger partial charge in [0.05, 0.1) is 23.4 Å². The predicted octanol–water partition coefficient (Wildman–Crippen LogP) is 3.54. The molecule has 0 radical (unpaired) electrons. The molecule has 0 atom stereocenters. The lowest BCUT2D eigenvalue weighted by Gasteiger charge is -2.17. The van der Waals surface area contributed by atoms with Gasteiger partial charge in [-0.1, -0.05) is 18.2 Å². The van der Waals surface area contributed by atoms with E-state index >= 15 is 0 Å². The molecule has 0 saturated heterocycles. The van der Waals surface area contributed by atoms with Crippen LogP contribution in [0.1, 0.15) is 43.6 Å². The smallest absolute Gasteiger partial charge is 0.266 e. The van der Waals surface area contributed by atoms with Crippen LogP contribution >= 0.6 is 0 Å². The lowest BCUT2D eigenvalue weighted by atomic mass is 10.1. The van der Waals surface area contributed by atoms with Gasteiger partial charge in [-0.05, 0) is 55.0 Å². The third kappa shape index (κ3) is 3.65. The van der Waals surface area contributed by atoms with E-state index in [2.05, 4.69) is 5.32 Å². The fourth-order valence-electron chi connectivity index (χ4n) is 3.86. The van der Waals surface area contributed by atoms with E-state index in [-0.39, 0.29) is 35.9 Å². The van der Waals surface area contributed by atoms with E-state index in [0.29, 0.717) is 29.5 Å². The number of fused-ring (bicyclic) bond motifs is 2. The van der Waals surface area contributed by atoms with Crippen molar-refractivity contribution in [3.63, 3.8) is 0 Å². The maximum Gasteiger partial charge on any atom is 0.266 e. The van der Waals surface area contributed by atoms with Crippen molar-refractivity contribution in [3.05, 3.63) is 82.9 Å². The number of para-hydroxylation sites is 2. The first kappa shape index (κ1) is 20.6. The van der Waals surface area contributed by atoms with E-state index in [0.717, 1.165) is 10.5 Å². The maximum absolute atomic E-state index is 13.1. The van der Waals surface area contributed by atoms with E-state index < -0.39 is 11.8 Å². The van der Waals surface area contributed by atoms with Crippen molar-refractivity contribution in [2.45, 2.75) is 13.5 Å². The van der Waals surface area contributed by atoms with Crippen LogP contribution in [0.2, 0.25) is 0 Å². The van der Waals surface area contributed by atoms with E-state index in [1.807, 2.05) is 13.0 Å². The lowest BCUT2D eigenvalue weighted by Crippen LogP contribution is -2.29. The molecule has 0 aromatic heterocycles. The molecule has 166 valence electrons. The Balaban J connectivity index is 1.35. The van der Waals surface area contributed by atoms with E-state index in [9.17, 15) is 14.4 Å². The summed E-state index contributed by atoms with van der Waals surface area (Å²) in [6.07, 6.45) is 0. The molecule has 3 amide bonds. The quantitative estimate of drug-likeness (QED) is 0.585. The highest BCUT2D eigenvalue weighted by Gasteiger charge is 2.38. The summed E-state index contributed by atoms with van der Waals surface area (Å²) in [6, 6.07) is 16.8. The standard InChI is InChI=1S/C25H20N2O6/c1-2-31-20-6-4-3-5-19(20)27-24(29)17-9-8-16(12-18(17)25(27)30)23(28)26-13-15-7-10-21-22(11-15)33-14-32-21/h3-12H,2,13-14H2,1H3,(H,26,28). The van der Waals surface area contributed by atoms with Gasteiger partial charge in [-0.2, -0.15) is 0 Å². The summed E-state index contributed by atoms with van der Waals surface area (Å²) in [4.78, 5) is 39.9. The highest BCUT2D eigenvalue weighted by molar-refractivity contribution is 6.35. The van der Waals surface area contributed by atoms with Crippen LogP contribution in [0.4, 0.5) is 5.69 Å². The molecule has 8 nitrogen and oxygen atoms in total. The third-order valence-electron chi connectivity index (χ3n) is 5.44. The van der Waals surface area contributed by atoms with Gasteiger partial charge in [0.25, 0.3) is 17.7 Å². The van der Waals surface area contributed by atoms with Crippen LogP contribution in [0.15, 0.2) is 60.7 Å². The second kappa shape index (κ2) is 8.31. The number of anilines is 1. The zero-order valence-corrected chi connectivity index (χ0v) is 17.8. The number of carbonyl (C=O) groups excluding carboxylic acids is 3. The first-order valence-corrected chi connectivity index (χ1v) is 10.5. The highest BCUT2D eigenvalue weighted by Crippen LogP contribution is 2.35. The molecule has 0 saturated carbocycles. The van der Waals surface area contributed by atoms with Crippen LogP contribution in [-0.2, 0) is 6.54 Å². The maximum atomic E-state index is 13.1. The molecule has 3 aromatic carbocycles. The Labute approximate surface area is 189 Å². The average molecular weight is 444 g/mol. The second-order valence-electron chi connectivity index (χ2n) is 7.48. The summed E-state index contributed by atoms with van der Waals surface area (Å²) >= 11 is 0. The number of benzene rings is 3. The number of nitrogens with one attached hydrogen (secondary N) is 1. The Hall–Kier alpha value is -4.33. The van der Waals surface area contributed by atoms with Gasteiger partial charge in [-0.25, -0.2) is 4.90 Å². The highest BCUT2D eigenvalue weighted by atomic mass is 16.7. The number of ether oxygens (including phenoxy) is 3. The third-order valence-corrected chi connectivity index (χ3v) is 5.44. The van der Waals surface area contributed by atoms with Crippen molar-refractivity contribution in [1.29, 1.82) is 0 Å². The molecular weight excluding hydrogens is 424 g/mol. The van der Waals surface area contributed by atoms with Crippen molar-refractivity contribution in [2.24, 2.45) is 0 Å². The summed E-state index contributed by atoms with van der Waals surface area (Å²) < 4.78 is 16.2. The molecule has 2 heterocycles. The monoisotopic (exact) mass is 444 g/mol. The van der Waals surface area contributed by atoms with Gasteiger partial charge < -0.3 is 19.5 Å². The van der Waals surface area contributed by atoms with Crippen LogP contribution < -0.4 is 24.4 Å². The Kier molecular flexibility index (Phi) is 5.18. The van der Waals surface area contributed by atoms with Gasteiger partial charge in [0.15, 0.2) is 11.5 Å². The number of hydrogen-bond acceptors (Lipinski definition) is 6. The number of nitrogens with zero attached hydrogens (tertiary/aromatic N) is 1. The predicted molar refractivity (Wildman–Crippen MR) is 119 cm³/mol. The minimum Gasteiger partial charge on any atom is -0.492 e. The molecule has 5 rings (SSSR count). The van der Waals surface area contributed by atoms with Crippen LogP contribution in [0.3, 0.4) is 0 Å². The Morgan fingerprint density at radius 1 is 0.970 bits per heavy atom. The van der Waals surface area contributed by atoms with Crippen molar-refractivity contribution in [1.82, 2.24) is 5.32 Å². The zero-order chi connectivity index (χ0) is 22.9. The Morgan fingerprint density at radius 3 is 2.61 bits per heavy atom. The molecule has 2 aliphatic rings. The molecule has 0 fully saturated rings. The summed E-state index contributed by atoms with van der Waals surface area (Å²) in [6.45, 7) is 2.67. The van der Waals surface area contributed by atoms with Crippen LogP contribution in [0.5, 0.6) is 17.2 Å². The van der Waals surface area contributed by atoms with Crippen molar-refractivity contribution < 1.29 is 28.6 Å². The summed E-state index contributed by atoms with van der Waals surface area (Å²) in [5.41, 5.74) is 1.94. The second-order valence-corrected chi connectivity index (χ2v) is 7.48. The van der Waals surface area contributed by atoms with E-state index in [1.165, 1.54) is 18.2 Å². The number of amides is 3. The van der Waals surface area contributed by atoms with Crippen molar-refractivity contribution in [3.8, 4) is 17.2 Å². The molecule has 1 N–H and O–H groups in total. The van der Waals surface area contributed by atoms with Gasteiger partial charge in [0.1, 0.15) is 5.75 Å². The number of hydrogen-bond donors (Lipinski definition) is 1. The Bertz CT molecular complexity index is 1290. The van der Waals surface area contributed by atoms with Crippen LogP contribution in [0, 0.1) is 0 Å². The first-order chi connectivity index (χ1) is 16.1. The van der Waals surface area contributed by atoms with Crippen LogP contribution in [0.25, 0.3) is 0 Å². The molecule has 0 bridgehead atoms. The minimum atomic E-state index is -0.493. The topological polar surface area (TPSA) is 94.2 Å². The molecule has 0 aliphatic carbocycles. The largest absolute Gasteiger partial charge is 0.492 e. The van der Waals surface area contributed by atoms with E-state index in [1.54, 1.807) is 36.4 Å². The average Bonchev–Trinajstić information content (AvgIpc) is 3.40. The summed E-state index contributed by atoms with van der Waals surface area (Å²) in [5, 5.41) is 2.83. The molecule has 2 aliphatic heterocycles. The molecule has 3 aromatic rings. The van der Waals surface area contributed by atoms with Gasteiger partial charge >= 0.3 is 0 Å². The SMILES string of the molecule is CCOc1ccccc1N1C(=O)c2ccc(C(=O)NCc3ccc4c(c3)OCO4)cc2C1=O. The minimum absolute atomic E-state index is 0.180. The summed E-state index contributed by atoms with van der Waals surface area (Å²) in [5.74, 6) is 0.445. The van der Waals surface area contributed by atoms with Gasteiger partial charge in [-0.15, -0.1) is 0 Å². The molecule has 0 unspecified atom stereocenters. The molecular formula is C25H20N2O6. The Morgan fingerprint density at radius 2 is 1.76 bits per heavy atom. The fraction of sp³-hybridized carbons (Fsp3) is 0.160. The van der Waals surface area contributed by atoms with E-state index in [4.69, 9.17) is 14.2 Å². The molecule has 8 heteroatoms. The van der Waals surface area contributed by atoms with Crippen molar-refractivity contribution in [2.75, 3.05) is 18.3 Å². The summed E-state index contributed by atoms with van der Waals surface area (Å²) in [7, 11) is 0. The van der Waals surface area contributed by atoms with Gasteiger partial charge in [-0.3, -0.25) is 14.4 Å². The van der Waals surface area contributed by atoms with Crippen LogP contribution in [-0.4, -0.2) is 31.1 Å². The number of rotatable bonds is 6.